The molecule has 0 aliphatic rings. The van der Waals surface area contributed by atoms with Gasteiger partial charge in [-0.1, -0.05) is 36.4 Å². The van der Waals surface area contributed by atoms with Gasteiger partial charge < -0.3 is 4.74 Å². The maximum atomic E-state index is 9.87. The first-order chi connectivity index (χ1) is 13.7. The van der Waals surface area contributed by atoms with Crippen LogP contribution in [-0.2, 0) is 10.9 Å². The minimum absolute atomic E-state index is 0.101. The first kappa shape index (κ1) is 24.1. The molecule has 0 unspecified atom stereocenters. The number of hydrogen-bond acceptors (Lipinski definition) is 1. The SMILES string of the molecule is COc1c(C)cc([S+](c2ccccc2)c2ccccc2)cc1C.F[P-](F)(F)(F)(F)F. The Morgan fingerprint density at radius 3 is 1.27 bits per heavy atom. The molecule has 30 heavy (non-hydrogen) atoms. The second-order valence-electron chi connectivity index (χ2n) is 6.48. The van der Waals surface area contributed by atoms with Crippen LogP contribution in [0, 0.1) is 13.8 Å². The zero-order chi connectivity index (χ0) is 22.6. The normalized spacial score (nSPS) is 13.7. The van der Waals surface area contributed by atoms with Crippen LogP contribution in [0.1, 0.15) is 11.1 Å². The fourth-order valence-corrected chi connectivity index (χ4v) is 5.14. The van der Waals surface area contributed by atoms with E-state index in [0.717, 1.165) is 5.75 Å². The molecule has 0 N–H and O–H groups in total. The Labute approximate surface area is 174 Å². The Morgan fingerprint density at radius 1 is 0.633 bits per heavy atom. The summed E-state index contributed by atoms with van der Waals surface area (Å²) in [6.07, 6.45) is 0. The summed E-state index contributed by atoms with van der Waals surface area (Å²) in [4.78, 5) is 4.00. The number of aryl methyl sites for hydroxylation is 2. The molecule has 0 atom stereocenters. The number of methoxy groups -OCH3 is 1. The van der Waals surface area contributed by atoms with Crippen molar-refractivity contribution in [3.05, 3.63) is 83.9 Å². The van der Waals surface area contributed by atoms with Crippen LogP contribution in [0.5, 0.6) is 5.75 Å². The Kier molecular flexibility index (Phi) is 6.55. The number of benzene rings is 3. The Hall–Kier alpha value is -2.18. The van der Waals surface area contributed by atoms with Gasteiger partial charge in [0, 0.05) is 12.1 Å². The van der Waals surface area contributed by atoms with Gasteiger partial charge in [-0.15, -0.1) is 0 Å². The number of rotatable bonds is 4. The van der Waals surface area contributed by atoms with Crippen LogP contribution in [0.15, 0.2) is 87.5 Å². The molecular weight excluding hydrogens is 445 g/mol. The summed E-state index contributed by atoms with van der Waals surface area (Å²) in [6, 6.07) is 26.0. The van der Waals surface area contributed by atoms with Gasteiger partial charge in [0.05, 0.1) is 18.0 Å². The maximum absolute atomic E-state index is 10.7. The second kappa shape index (κ2) is 8.16. The Balaban J connectivity index is 0.000000396. The predicted octanol–water partition coefficient (Wildman–Crippen LogP) is 8.79. The molecular formula is C21H21F6OPS. The Morgan fingerprint density at radius 2 is 0.967 bits per heavy atom. The zero-order valence-corrected chi connectivity index (χ0v) is 18.2. The summed E-state index contributed by atoms with van der Waals surface area (Å²) >= 11 is 0. The van der Waals surface area contributed by atoms with Gasteiger partial charge >= 0.3 is 33.0 Å². The summed E-state index contributed by atoms with van der Waals surface area (Å²) in [5.74, 6) is 0.985. The summed E-state index contributed by atoms with van der Waals surface area (Å²) in [7, 11) is -9.02. The summed E-state index contributed by atoms with van der Waals surface area (Å²) in [5.41, 5.74) is 2.37. The van der Waals surface area contributed by atoms with E-state index >= 15 is 0 Å². The van der Waals surface area contributed by atoms with Gasteiger partial charge in [0.15, 0.2) is 14.7 Å². The van der Waals surface area contributed by atoms with E-state index in [1.807, 2.05) is 0 Å². The molecule has 0 heterocycles. The molecule has 164 valence electrons. The minimum atomic E-state index is -10.7. The van der Waals surface area contributed by atoms with E-state index in [1.165, 1.54) is 25.8 Å². The summed E-state index contributed by atoms with van der Waals surface area (Å²) in [6.45, 7) is 4.24. The molecule has 3 rings (SSSR count). The number of hydrogen-bond donors (Lipinski definition) is 0. The van der Waals surface area contributed by atoms with Crippen LogP contribution in [0.25, 0.3) is 0 Å². The van der Waals surface area contributed by atoms with Gasteiger partial charge in [0.25, 0.3) is 0 Å². The van der Waals surface area contributed by atoms with Gasteiger partial charge in [-0.05, 0) is 49.2 Å². The Bertz CT molecular complexity index is 919. The van der Waals surface area contributed by atoms with Gasteiger partial charge in [-0.3, -0.25) is 0 Å². The van der Waals surface area contributed by atoms with E-state index in [9.17, 15) is 25.2 Å². The standard InChI is InChI=1S/C21H21OS.F6P/c1-16-14-20(15-17(2)21(16)22-3)23(18-10-6-4-7-11-18)19-12-8-5-9-13-19;1-7(2,3,4,5)6/h4-15H,1-3H3;/q+1;-1. The van der Waals surface area contributed by atoms with Crippen molar-refractivity contribution >= 4 is 18.7 Å². The fraction of sp³-hybridized carbons (Fsp3) is 0.143. The summed E-state index contributed by atoms with van der Waals surface area (Å²) < 4.78 is 64.7. The van der Waals surface area contributed by atoms with Crippen molar-refractivity contribution in [3.63, 3.8) is 0 Å². The van der Waals surface area contributed by atoms with E-state index < -0.39 is 7.81 Å². The molecule has 1 nitrogen and oxygen atoms in total. The second-order valence-corrected chi connectivity index (χ2v) is 10.4. The average Bonchev–Trinajstić information content (AvgIpc) is 2.61. The van der Waals surface area contributed by atoms with Gasteiger partial charge in [-0.2, -0.15) is 0 Å². The summed E-state index contributed by atoms with van der Waals surface area (Å²) in [5, 5.41) is 0. The molecule has 0 aliphatic heterocycles. The van der Waals surface area contributed by atoms with E-state index in [0.29, 0.717) is 0 Å². The van der Waals surface area contributed by atoms with E-state index in [1.54, 1.807) is 7.11 Å². The first-order valence-electron chi connectivity index (χ1n) is 8.71. The molecule has 3 aromatic carbocycles. The molecule has 0 aromatic heterocycles. The van der Waals surface area contributed by atoms with Crippen LogP contribution >= 0.6 is 7.81 Å². The molecule has 0 bridgehead atoms. The van der Waals surface area contributed by atoms with E-state index in [2.05, 4.69) is 86.6 Å². The van der Waals surface area contributed by atoms with Gasteiger partial charge in [-0.25, -0.2) is 0 Å². The van der Waals surface area contributed by atoms with Crippen molar-refractivity contribution in [2.75, 3.05) is 7.11 Å². The molecule has 0 spiro atoms. The quantitative estimate of drug-likeness (QED) is 0.212. The monoisotopic (exact) mass is 466 g/mol. The van der Waals surface area contributed by atoms with E-state index in [-0.39, 0.29) is 10.9 Å². The molecule has 0 fully saturated rings. The third kappa shape index (κ3) is 8.28. The predicted molar refractivity (Wildman–Crippen MR) is 111 cm³/mol. The molecule has 0 saturated carbocycles. The average molecular weight is 466 g/mol. The fourth-order valence-electron chi connectivity index (χ4n) is 2.87. The van der Waals surface area contributed by atoms with Crippen molar-refractivity contribution < 1.29 is 29.9 Å². The van der Waals surface area contributed by atoms with Crippen LogP contribution in [-0.4, -0.2) is 7.11 Å². The molecule has 3 aromatic rings. The van der Waals surface area contributed by atoms with Crippen molar-refractivity contribution in [2.45, 2.75) is 28.5 Å². The van der Waals surface area contributed by atoms with Gasteiger partial charge in [0.1, 0.15) is 5.75 Å². The molecule has 0 aliphatic carbocycles. The number of halogens is 6. The third-order valence-corrected chi connectivity index (χ3v) is 6.03. The van der Waals surface area contributed by atoms with Crippen molar-refractivity contribution in [1.82, 2.24) is 0 Å². The topological polar surface area (TPSA) is 9.23 Å². The van der Waals surface area contributed by atoms with Crippen molar-refractivity contribution in [2.24, 2.45) is 0 Å². The van der Waals surface area contributed by atoms with Crippen LogP contribution in [0.3, 0.4) is 0 Å². The van der Waals surface area contributed by atoms with Crippen LogP contribution < -0.4 is 4.74 Å². The molecule has 0 radical (unpaired) electrons. The zero-order valence-electron chi connectivity index (χ0n) is 16.5. The van der Waals surface area contributed by atoms with Crippen LogP contribution in [0.4, 0.5) is 25.2 Å². The molecule has 0 saturated heterocycles. The first-order valence-corrected chi connectivity index (χ1v) is 12.0. The molecule has 9 heteroatoms. The molecule has 0 amide bonds. The van der Waals surface area contributed by atoms with Gasteiger partial charge in [0.2, 0.25) is 0 Å². The van der Waals surface area contributed by atoms with Crippen molar-refractivity contribution in [1.29, 1.82) is 0 Å². The van der Waals surface area contributed by atoms with Crippen LogP contribution in [0.2, 0.25) is 0 Å². The van der Waals surface area contributed by atoms with E-state index in [4.69, 9.17) is 4.74 Å². The van der Waals surface area contributed by atoms with Crippen molar-refractivity contribution in [3.8, 4) is 5.75 Å². The number of ether oxygens (including phenoxy) is 1. The third-order valence-electron chi connectivity index (χ3n) is 3.83.